The Hall–Kier alpha value is -1.65. The van der Waals surface area contributed by atoms with Crippen LogP contribution in [0.15, 0.2) is 36.5 Å². The van der Waals surface area contributed by atoms with Gasteiger partial charge in [-0.15, -0.1) is 12.4 Å². The fourth-order valence-corrected chi connectivity index (χ4v) is 4.74. The molecule has 2 bridgehead atoms. The number of nitrogens with one attached hydrogen (secondary N) is 1. The number of hydrogen-bond acceptors (Lipinski definition) is 3. The number of pyridine rings is 1. The topological polar surface area (TPSA) is 45.2 Å². The zero-order valence-corrected chi connectivity index (χ0v) is 14.4. The van der Waals surface area contributed by atoms with Gasteiger partial charge in [-0.1, -0.05) is 24.3 Å². The van der Waals surface area contributed by atoms with Gasteiger partial charge in [0.2, 0.25) is 0 Å². The molecule has 1 amide bonds. The number of benzene rings is 1. The Bertz CT molecular complexity index is 781. The van der Waals surface area contributed by atoms with Crippen LogP contribution in [0, 0.1) is 5.92 Å². The van der Waals surface area contributed by atoms with Crippen LogP contribution in [0.3, 0.4) is 0 Å². The van der Waals surface area contributed by atoms with Gasteiger partial charge < -0.3 is 5.32 Å². The molecule has 1 aliphatic carbocycles. The largest absolute Gasteiger partial charge is 0.346 e. The van der Waals surface area contributed by atoms with Crippen molar-refractivity contribution in [1.82, 2.24) is 15.2 Å². The molecule has 2 aromatic rings. The van der Waals surface area contributed by atoms with Gasteiger partial charge in [-0.3, -0.25) is 14.7 Å². The van der Waals surface area contributed by atoms with Crippen molar-refractivity contribution in [1.29, 1.82) is 0 Å². The molecular formula is C19H22ClN3O. The van der Waals surface area contributed by atoms with E-state index in [0.29, 0.717) is 17.7 Å². The first kappa shape index (κ1) is 15.9. The molecule has 5 heteroatoms. The van der Waals surface area contributed by atoms with Crippen molar-refractivity contribution < 1.29 is 4.79 Å². The molecule has 3 saturated heterocycles. The van der Waals surface area contributed by atoms with Gasteiger partial charge in [0, 0.05) is 17.1 Å². The number of carbonyl (C=O) groups is 1. The van der Waals surface area contributed by atoms with Gasteiger partial charge >= 0.3 is 0 Å². The van der Waals surface area contributed by atoms with E-state index in [4.69, 9.17) is 0 Å². The Morgan fingerprint density at radius 1 is 1.17 bits per heavy atom. The smallest absolute Gasteiger partial charge is 0.270 e. The summed E-state index contributed by atoms with van der Waals surface area (Å²) in [4.78, 5) is 19.8. The molecule has 1 aromatic carbocycles. The molecule has 0 radical (unpaired) electrons. The molecular weight excluding hydrogens is 322 g/mol. The Labute approximate surface area is 148 Å². The summed E-state index contributed by atoms with van der Waals surface area (Å²) in [5, 5.41) is 5.49. The fourth-order valence-electron chi connectivity index (χ4n) is 4.74. The number of rotatable bonds is 2. The summed E-state index contributed by atoms with van der Waals surface area (Å²) in [6, 6.07) is 10.3. The molecule has 1 N–H and O–H groups in total. The van der Waals surface area contributed by atoms with Crippen molar-refractivity contribution >= 4 is 29.1 Å². The predicted molar refractivity (Wildman–Crippen MR) is 96.5 cm³/mol. The molecule has 1 unspecified atom stereocenters. The number of piperidine rings is 3. The minimum atomic E-state index is -0.0132. The van der Waals surface area contributed by atoms with E-state index in [9.17, 15) is 4.79 Å². The van der Waals surface area contributed by atoms with Crippen LogP contribution in [0.5, 0.6) is 0 Å². The number of amides is 1. The Balaban J connectivity index is 0.00000146. The third kappa shape index (κ3) is 2.32. The Morgan fingerprint density at radius 3 is 2.58 bits per heavy atom. The van der Waals surface area contributed by atoms with Gasteiger partial charge in [0.05, 0.1) is 6.04 Å². The molecule has 126 valence electrons. The summed E-state index contributed by atoms with van der Waals surface area (Å²) in [6.07, 6.45) is 6.71. The molecule has 1 spiro atoms. The molecule has 4 fully saturated rings. The molecule has 1 saturated carbocycles. The highest BCUT2D eigenvalue weighted by Crippen LogP contribution is 2.53. The second-order valence-electron chi connectivity index (χ2n) is 7.30. The molecule has 1 aromatic heterocycles. The van der Waals surface area contributed by atoms with E-state index < -0.39 is 0 Å². The van der Waals surface area contributed by atoms with Crippen molar-refractivity contribution in [2.24, 2.45) is 5.92 Å². The summed E-state index contributed by atoms with van der Waals surface area (Å²) in [5.74, 6) is 0.632. The second kappa shape index (κ2) is 5.71. The van der Waals surface area contributed by atoms with Crippen molar-refractivity contribution in [2.75, 3.05) is 13.1 Å². The lowest BCUT2D eigenvalue weighted by molar-refractivity contribution is -0.00152. The van der Waals surface area contributed by atoms with E-state index in [2.05, 4.69) is 15.2 Å². The van der Waals surface area contributed by atoms with Gasteiger partial charge in [-0.25, -0.2) is 0 Å². The highest BCUT2D eigenvalue weighted by atomic mass is 35.5. The summed E-state index contributed by atoms with van der Waals surface area (Å²) < 4.78 is 0. The maximum Gasteiger partial charge on any atom is 0.270 e. The van der Waals surface area contributed by atoms with Crippen LogP contribution >= 0.6 is 12.4 Å². The van der Waals surface area contributed by atoms with E-state index in [0.717, 1.165) is 10.8 Å². The minimum Gasteiger partial charge on any atom is -0.346 e. The lowest BCUT2D eigenvalue weighted by atomic mass is 9.77. The van der Waals surface area contributed by atoms with Gasteiger partial charge in [0.25, 0.3) is 5.91 Å². The quantitative estimate of drug-likeness (QED) is 0.911. The number of nitrogens with zero attached hydrogens (tertiary/aromatic N) is 2. The van der Waals surface area contributed by atoms with Crippen molar-refractivity contribution in [3.63, 3.8) is 0 Å². The highest BCUT2D eigenvalue weighted by Gasteiger charge is 2.60. The SMILES string of the molecule is Cl.O=C(NC1C2CCN(CC2)C12CC2)c1cc2ccccc2cn1. The van der Waals surface area contributed by atoms with Gasteiger partial charge in [-0.05, 0) is 56.1 Å². The van der Waals surface area contributed by atoms with Crippen molar-refractivity contribution in [3.05, 3.63) is 42.2 Å². The number of halogens is 1. The van der Waals surface area contributed by atoms with Crippen LogP contribution in [0.25, 0.3) is 10.8 Å². The summed E-state index contributed by atoms with van der Waals surface area (Å²) in [6.45, 7) is 2.43. The highest BCUT2D eigenvalue weighted by molar-refractivity contribution is 5.96. The minimum absolute atomic E-state index is 0. The Kier molecular flexibility index (Phi) is 3.77. The zero-order chi connectivity index (χ0) is 15.4. The first-order valence-corrected chi connectivity index (χ1v) is 8.67. The lowest BCUT2D eigenvalue weighted by Crippen LogP contribution is -2.65. The van der Waals surface area contributed by atoms with Crippen LogP contribution in [0.2, 0.25) is 0 Å². The lowest BCUT2D eigenvalue weighted by Gasteiger charge is -2.52. The van der Waals surface area contributed by atoms with E-state index in [1.165, 1.54) is 38.8 Å². The molecule has 4 heterocycles. The molecule has 24 heavy (non-hydrogen) atoms. The zero-order valence-electron chi connectivity index (χ0n) is 13.6. The van der Waals surface area contributed by atoms with Crippen molar-refractivity contribution in [2.45, 2.75) is 37.3 Å². The van der Waals surface area contributed by atoms with Crippen LogP contribution in [-0.2, 0) is 0 Å². The normalized spacial score (nSPS) is 29.2. The number of fused-ring (bicyclic) bond motifs is 3. The van der Waals surface area contributed by atoms with Crippen LogP contribution in [0.4, 0.5) is 0 Å². The summed E-state index contributed by atoms with van der Waals surface area (Å²) in [5.41, 5.74) is 0.809. The molecule has 1 atom stereocenters. The average Bonchev–Trinajstić information content (AvgIpc) is 3.39. The Morgan fingerprint density at radius 2 is 1.88 bits per heavy atom. The second-order valence-corrected chi connectivity index (χ2v) is 7.30. The van der Waals surface area contributed by atoms with Gasteiger partial charge in [0.15, 0.2) is 0 Å². The number of hydrogen-bond donors (Lipinski definition) is 1. The van der Waals surface area contributed by atoms with E-state index in [1.807, 2.05) is 30.3 Å². The molecule has 6 rings (SSSR count). The molecule has 3 aliphatic heterocycles. The molecule has 4 aliphatic rings. The number of carbonyl (C=O) groups excluding carboxylic acids is 1. The van der Waals surface area contributed by atoms with Gasteiger partial charge in [0.1, 0.15) is 5.69 Å². The fraction of sp³-hybridized carbons (Fsp3) is 0.474. The predicted octanol–water partition coefficient (Wildman–Crippen LogP) is 3.01. The first-order valence-electron chi connectivity index (χ1n) is 8.67. The maximum atomic E-state index is 12.8. The first-order chi connectivity index (χ1) is 11.3. The average molecular weight is 344 g/mol. The van der Waals surface area contributed by atoms with Crippen LogP contribution in [-0.4, -0.2) is 40.5 Å². The standard InChI is InChI=1S/C19H21N3O.ClH/c23-18(16-11-14-3-1-2-4-15(14)12-20-16)21-17-13-5-9-22(10-6-13)19(17)7-8-19;/h1-4,11-13,17H,5-10H2,(H,21,23);1H. The van der Waals surface area contributed by atoms with Gasteiger partial charge in [-0.2, -0.15) is 0 Å². The van der Waals surface area contributed by atoms with Crippen LogP contribution in [0.1, 0.15) is 36.2 Å². The monoisotopic (exact) mass is 343 g/mol. The van der Waals surface area contributed by atoms with E-state index in [-0.39, 0.29) is 23.9 Å². The number of aromatic nitrogens is 1. The summed E-state index contributed by atoms with van der Waals surface area (Å²) in [7, 11) is 0. The molecule has 4 nitrogen and oxygen atoms in total. The summed E-state index contributed by atoms with van der Waals surface area (Å²) >= 11 is 0. The third-order valence-corrected chi connectivity index (χ3v) is 6.13. The van der Waals surface area contributed by atoms with E-state index >= 15 is 0 Å². The van der Waals surface area contributed by atoms with Crippen LogP contribution < -0.4 is 5.32 Å². The van der Waals surface area contributed by atoms with E-state index in [1.54, 1.807) is 6.20 Å². The van der Waals surface area contributed by atoms with Crippen molar-refractivity contribution in [3.8, 4) is 0 Å². The third-order valence-electron chi connectivity index (χ3n) is 6.13. The maximum absolute atomic E-state index is 12.8.